The molecule has 0 radical (unpaired) electrons. The third kappa shape index (κ3) is 4.20. The van der Waals surface area contributed by atoms with Crippen LogP contribution in [-0.2, 0) is 6.54 Å². The van der Waals surface area contributed by atoms with Gasteiger partial charge >= 0.3 is 0 Å². The van der Waals surface area contributed by atoms with E-state index in [-0.39, 0.29) is 11.8 Å². The van der Waals surface area contributed by atoms with Gasteiger partial charge in [-0.05, 0) is 31.4 Å². The topological polar surface area (TPSA) is 71.5 Å². The van der Waals surface area contributed by atoms with Crippen LogP contribution in [0.1, 0.15) is 45.5 Å². The maximum absolute atomic E-state index is 12.6. The molecule has 2 heterocycles. The first-order chi connectivity index (χ1) is 12.7. The third-order valence-electron chi connectivity index (χ3n) is 4.52. The number of amides is 2. The van der Waals surface area contributed by atoms with E-state index in [9.17, 15) is 9.59 Å². The maximum atomic E-state index is 12.6. The Balaban J connectivity index is 1.67. The molecule has 0 atom stereocenters. The molecule has 1 saturated heterocycles. The van der Waals surface area contributed by atoms with Crippen LogP contribution in [0.25, 0.3) is 0 Å². The van der Waals surface area contributed by atoms with Crippen LogP contribution in [0.4, 0.5) is 0 Å². The van der Waals surface area contributed by atoms with Gasteiger partial charge in [-0.2, -0.15) is 0 Å². The Morgan fingerprint density at radius 1 is 1.12 bits per heavy atom. The fourth-order valence-electron chi connectivity index (χ4n) is 3.09. The molecule has 6 heteroatoms. The van der Waals surface area contributed by atoms with Gasteiger partial charge in [-0.25, -0.2) is 0 Å². The zero-order chi connectivity index (χ0) is 18.4. The third-order valence-corrected chi connectivity index (χ3v) is 4.52. The van der Waals surface area contributed by atoms with Gasteiger partial charge in [0.25, 0.3) is 11.8 Å². The number of ether oxygens (including phenoxy) is 1. The standard InChI is InChI=1S/C20H23N3O3/c1-26-18-8-4-3-7-15(18)14-22-19(24)16-11-17(13-21-12-16)20(25)23-9-5-2-6-10-23/h3-4,7-8,11-13H,2,5-6,9-10,14H2,1H3,(H,22,24). The summed E-state index contributed by atoms with van der Waals surface area (Å²) in [5.74, 6) is 0.397. The fraction of sp³-hybridized carbons (Fsp3) is 0.350. The van der Waals surface area contributed by atoms with E-state index < -0.39 is 0 Å². The van der Waals surface area contributed by atoms with E-state index in [2.05, 4.69) is 10.3 Å². The van der Waals surface area contributed by atoms with E-state index >= 15 is 0 Å². The summed E-state index contributed by atoms with van der Waals surface area (Å²) < 4.78 is 5.29. The molecule has 1 N–H and O–H groups in total. The van der Waals surface area contributed by atoms with Crippen molar-refractivity contribution in [3.8, 4) is 5.75 Å². The van der Waals surface area contributed by atoms with Crippen LogP contribution in [0, 0.1) is 0 Å². The summed E-state index contributed by atoms with van der Waals surface area (Å²) in [6.45, 7) is 1.87. The number of nitrogens with one attached hydrogen (secondary N) is 1. The molecule has 1 aromatic heterocycles. The number of carbonyl (C=O) groups is 2. The Kier molecular flexibility index (Phi) is 5.84. The number of nitrogens with zero attached hydrogens (tertiary/aromatic N) is 2. The van der Waals surface area contributed by atoms with Crippen molar-refractivity contribution < 1.29 is 14.3 Å². The molecular weight excluding hydrogens is 330 g/mol. The lowest BCUT2D eigenvalue weighted by Gasteiger charge is -2.26. The average molecular weight is 353 g/mol. The van der Waals surface area contributed by atoms with Crippen molar-refractivity contribution in [2.75, 3.05) is 20.2 Å². The summed E-state index contributed by atoms with van der Waals surface area (Å²) in [5.41, 5.74) is 1.72. The summed E-state index contributed by atoms with van der Waals surface area (Å²) in [5, 5.41) is 2.85. The molecule has 0 saturated carbocycles. The van der Waals surface area contributed by atoms with E-state index in [1.165, 1.54) is 12.4 Å². The zero-order valence-electron chi connectivity index (χ0n) is 14.9. The van der Waals surface area contributed by atoms with Crippen LogP contribution in [0.15, 0.2) is 42.7 Å². The fourth-order valence-corrected chi connectivity index (χ4v) is 3.09. The Morgan fingerprint density at radius 3 is 2.62 bits per heavy atom. The van der Waals surface area contributed by atoms with Crippen LogP contribution in [0.3, 0.4) is 0 Å². The molecule has 1 aliphatic heterocycles. The normalized spacial score (nSPS) is 14.0. The van der Waals surface area contributed by atoms with Gasteiger partial charge in [0.05, 0.1) is 18.2 Å². The highest BCUT2D eigenvalue weighted by molar-refractivity contribution is 5.99. The molecule has 1 fully saturated rings. The number of hydrogen-bond donors (Lipinski definition) is 1. The molecule has 2 aromatic rings. The van der Waals surface area contributed by atoms with Crippen LogP contribution < -0.4 is 10.1 Å². The van der Waals surface area contributed by atoms with Crippen molar-refractivity contribution in [3.63, 3.8) is 0 Å². The minimum atomic E-state index is -0.267. The van der Waals surface area contributed by atoms with Crippen molar-refractivity contribution in [2.24, 2.45) is 0 Å². The lowest BCUT2D eigenvalue weighted by atomic mass is 10.1. The number of benzene rings is 1. The van der Waals surface area contributed by atoms with E-state index in [1.54, 1.807) is 13.2 Å². The smallest absolute Gasteiger partial charge is 0.255 e. The van der Waals surface area contributed by atoms with E-state index in [0.717, 1.165) is 43.7 Å². The predicted octanol–water partition coefficient (Wildman–Crippen LogP) is 2.65. The molecule has 1 aromatic carbocycles. The number of carbonyl (C=O) groups excluding carboxylic acids is 2. The summed E-state index contributed by atoms with van der Waals surface area (Å²) in [6, 6.07) is 9.13. The molecule has 1 aliphatic rings. The SMILES string of the molecule is COc1ccccc1CNC(=O)c1cncc(C(=O)N2CCCCC2)c1. The van der Waals surface area contributed by atoms with Gasteiger partial charge < -0.3 is 15.0 Å². The molecule has 0 unspecified atom stereocenters. The Hall–Kier alpha value is -2.89. The van der Waals surface area contributed by atoms with Gasteiger partial charge in [0.2, 0.25) is 0 Å². The second-order valence-corrected chi connectivity index (χ2v) is 6.31. The number of likely N-dealkylation sites (tertiary alicyclic amines) is 1. The highest BCUT2D eigenvalue weighted by Crippen LogP contribution is 2.17. The van der Waals surface area contributed by atoms with Gasteiger partial charge in [0.1, 0.15) is 5.75 Å². The highest BCUT2D eigenvalue weighted by Gasteiger charge is 2.19. The zero-order valence-corrected chi connectivity index (χ0v) is 14.9. The molecular formula is C20H23N3O3. The number of pyridine rings is 1. The summed E-state index contributed by atoms with van der Waals surface area (Å²) in [6.07, 6.45) is 6.21. The van der Waals surface area contributed by atoms with Crippen molar-refractivity contribution >= 4 is 11.8 Å². The molecule has 0 spiro atoms. The predicted molar refractivity (Wildman–Crippen MR) is 98.2 cm³/mol. The average Bonchev–Trinajstić information content (AvgIpc) is 2.72. The van der Waals surface area contributed by atoms with E-state index in [1.807, 2.05) is 29.2 Å². The van der Waals surface area contributed by atoms with Gasteiger partial charge in [0.15, 0.2) is 0 Å². The monoisotopic (exact) mass is 353 g/mol. The molecule has 26 heavy (non-hydrogen) atoms. The van der Waals surface area contributed by atoms with Crippen molar-refractivity contribution in [2.45, 2.75) is 25.8 Å². The minimum Gasteiger partial charge on any atom is -0.496 e. The van der Waals surface area contributed by atoms with Gasteiger partial charge in [-0.15, -0.1) is 0 Å². The second-order valence-electron chi connectivity index (χ2n) is 6.31. The van der Waals surface area contributed by atoms with Gasteiger partial charge in [-0.1, -0.05) is 18.2 Å². The van der Waals surface area contributed by atoms with Crippen molar-refractivity contribution in [1.29, 1.82) is 0 Å². The molecule has 6 nitrogen and oxygen atoms in total. The van der Waals surface area contributed by atoms with Crippen LogP contribution in [0.5, 0.6) is 5.75 Å². The van der Waals surface area contributed by atoms with E-state index in [0.29, 0.717) is 17.7 Å². The molecule has 0 bridgehead atoms. The molecule has 136 valence electrons. The first kappa shape index (κ1) is 17.9. The minimum absolute atomic E-state index is 0.0587. The maximum Gasteiger partial charge on any atom is 0.255 e. The van der Waals surface area contributed by atoms with Crippen LogP contribution >= 0.6 is 0 Å². The highest BCUT2D eigenvalue weighted by atomic mass is 16.5. The number of aromatic nitrogens is 1. The van der Waals surface area contributed by atoms with E-state index in [4.69, 9.17) is 4.74 Å². The number of rotatable bonds is 5. The number of methoxy groups -OCH3 is 1. The quantitative estimate of drug-likeness (QED) is 0.897. The van der Waals surface area contributed by atoms with Gasteiger partial charge in [0, 0.05) is 37.6 Å². The molecule has 2 amide bonds. The summed E-state index contributed by atoms with van der Waals surface area (Å²) in [4.78, 5) is 30.9. The van der Waals surface area contributed by atoms with Gasteiger partial charge in [-0.3, -0.25) is 14.6 Å². The number of hydrogen-bond acceptors (Lipinski definition) is 4. The Labute approximate surface area is 153 Å². The molecule has 3 rings (SSSR count). The molecule has 0 aliphatic carbocycles. The second kappa shape index (κ2) is 8.47. The number of para-hydroxylation sites is 1. The number of piperidine rings is 1. The summed E-state index contributed by atoms with van der Waals surface area (Å²) in [7, 11) is 1.60. The van der Waals surface area contributed by atoms with Crippen molar-refractivity contribution in [1.82, 2.24) is 15.2 Å². The van der Waals surface area contributed by atoms with Crippen LogP contribution in [0.2, 0.25) is 0 Å². The summed E-state index contributed by atoms with van der Waals surface area (Å²) >= 11 is 0. The lowest BCUT2D eigenvalue weighted by molar-refractivity contribution is 0.0724. The lowest BCUT2D eigenvalue weighted by Crippen LogP contribution is -2.35. The first-order valence-corrected chi connectivity index (χ1v) is 8.83. The first-order valence-electron chi connectivity index (χ1n) is 8.83. The van der Waals surface area contributed by atoms with Crippen molar-refractivity contribution in [3.05, 3.63) is 59.4 Å². The Morgan fingerprint density at radius 2 is 1.85 bits per heavy atom. The largest absolute Gasteiger partial charge is 0.496 e. The van der Waals surface area contributed by atoms with Crippen LogP contribution in [-0.4, -0.2) is 41.9 Å². The Bertz CT molecular complexity index is 785.